The predicted molar refractivity (Wildman–Crippen MR) is 89.7 cm³/mol. The lowest BCUT2D eigenvalue weighted by molar-refractivity contribution is -0.144. The number of ether oxygens (including phenoxy) is 1. The Bertz CT molecular complexity index is 661. The first-order chi connectivity index (χ1) is 12.4. The topological polar surface area (TPSA) is 79.0 Å². The van der Waals surface area contributed by atoms with E-state index in [1.54, 1.807) is 9.80 Å². The molecule has 1 N–H and O–H groups in total. The first kappa shape index (κ1) is 17.5. The fraction of sp³-hybridized carbons (Fsp3) is 0.722. The second kappa shape index (κ2) is 6.33. The van der Waals surface area contributed by atoms with Gasteiger partial charge >= 0.3 is 0 Å². The van der Waals surface area contributed by atoms with E-state index in [4.69, 9.17) is 4.74 Å². The molecule has 0 aromatic rings. The van der Waals surface area contributed by atoms with Crippen molar-refractivity contribution in [2.24, 2.45) is 11.8 Å². The van der Waals surface area contributed by atoms with Gasteiger partial charge in [0.2, 0.25) is 17.7 Å². The third-order valence-corrected chi connectivity index (χ3v) is 5.96. The van der Waals surface area contributed by atoms with Crippen LogP contribution >= 0.6 is 0 Å². The van der Waals surface area contributed by atoms with E-state index < -0.39 is 23.6 Å². The normalized spacial score (nSPS) is 35.9. The van der Waals surface area contributed by atoms with Crippen molar-refractivity contribution in [3.63, 3.8) is 0 Å². The number of hydrogen-bond acceptors (Lipinski definition) is 4. The minimum Gasteiger partial charge on any atom is -0.360 e. The number of piperidine rings is 1. The number of hydrogen-bond donors (Lipinski definition) is 1. The lowest BCUT2D eigenvalue weighted by Gasteiger charge is -2.33. The standard InChI is InChI=1S/C18H24FN3O4/c1-11(23)20-6-9-22-10-18-5-2-13(26-18)14(15(18)17(22)25)16(24)21-7-3-12(19)4-8-21/h2,5,12-15H,3-4,6-10H2,1H3,(H,20,23)/t13-,14+,15+,18-/m0/s1. The minimum absolute atomic E-state index is 0.0964. The first-order valence-corrected chi connectivity index (χ1v) is 9.24. The molecule has 0 aromatic carbocycles. The average Bonchev–Trinajstić information content (AvgIpc) is 3.23. The number of rotatable bonds is 4. The van der Waals surface area contributed by atoms with Gasteiger partial charge in [-0.05, 0) is 12.8 Å². The van der Waals surface area contributed by atoms with Crippen molar-refractivity contribution in [3.8, 4) is 0 Å². The van der Waals surface area contributed by atoms with E-state index in [0.29, 0.717) is 45.6 Å². The summed E-state index contributed by atoms with van der Waals surface area (Å²) in [5, 5.41) is 2.69. The molecule has 4 rings (SSSR count). The van der Waals surface area contributed by atoms with Gasteiger partial charge in [0, 0.05) is 33.1 Å². The maximum absolute atomic E-state index is 13.4. The van der Waals surface area contributed by atoms with Gasteiger partial charge in [0.05, 0.1) is 24.5 Å². The number of carbonyl (C=O) groups excluding carboxylic acids is 3. The number of amides is 3. The van der Waals surface area contributed by atoms with Crippen LogP contribution in [0, 0.1) is 11.8 Å². The van der Waals surface area contributed by atoms with E-state index in [0.717, 1.165) is 0 Å². The van der Waals surface area contributed by atoms with Crippen molar-refractivity contribution in [1.82, 2.24) is 15.1 Å². The maximum atomic E-state index is 13.4. The van der Waals surface area contributed by atoms with Crippen molar-refractivity contribution in [1.29, 1.82) is 0 Å². The molecular weight excluding hydrogens is 341 g/mol. The van der Waals surface area contributed by atoms with Gasteiger partial charge in [-0.2, -0.15) is 0 Å². The fourth-order valence-corrected chi connectivity index (χ4v) is 4.70. The zero-order valence-corrected chi connectivity index (χ0v) is 14.8. The highest BCUT2D eigenvalue weighted by Crippen LogP contribution is 2.52. The van der Waals surface area contributed by atoms with E-state index >= 15 is 0 Å². The number of likely N-dealkylation sites (tertiary alicyclic amines) is 2. The van der Waals surface area contributed by atoms with Crippen LogP contribution in [0.1, 0.15) is 19.8 Å². The van der Waals surface area contributed by atoms with Crippen LogP contribution in [-0.4, -0.2) is 78.1 Å². The highest BCUT2D eigenvalue weighted by molar-refractivity contribution is 5.93. The molecule has 4 aliphatic rings. The van der Waals surface area contributed by atoms with Crippen molar-refractivity contribution < 1.29 is 23.5 Å². The number of alkyl halides is 1. The van der Waals surface area contributed by atoms with Gasteiger partial charge < -0.3 is 19.9 Å². The van der Waals surface area contributed by atoms with Gasteiger partial charge in [-0.1, -0.05) is 12.2 Å². The quantitative estimate of drug-likeness (QED) is 0.704. The summed E-state index contributed by atoms with van der Waals surface area (Å²) in [6.07, 6.45) is 3.27. The molecule has 0 radical (unpaired) electrons. The zero-order valence-electron chi connectivity index (χ0n) is 14.8. The molecule has 0 aromatic heterocycles. The summed E-state index contributed by atoms with van der Waals surface area (Å²) in [5.41, 5.74) is -0.739. The predicted octanol–water partition coefficient (Wildman–Crippen LogP) is -0.135. The molecule has 4 aliphatic heterocycles. The summed E-state index contributed by atoms with van der Waals surface area (Å²) in [4.78, 5) is 40.4. The third-order valence-electron chi connectivity index (χ3n) is 5.96. The summed E-state index contributed by atoms with van der Waals surface area (Å²) in [6, 6.07) is 0. The van der Waals surface area contributed by atoms with E-state index in [2.05, 4.69) is 5.32 Å². The van der Waals surface area contributed by atoms with E-state index in [-0.39, 0.29) is 23.8 Å². The molecule has 3 amide bonds. The fourth-order valence-electron chi connectivity index (χ4n) is 4.70. The molecule has 4 heterocycles. The van der Waals surface area contributed by atoms with E-state index in [1.165, 1.54) is 6.92 Å². The van der Waals surface area contributed by atoms with Gasteiger partial charge in [-0.25, -0.2) is 4.39 Å². The van der Waals surface area contributed by atoms with E-state index in [9.17, 15) is 18.8 Å². The number of nitrogens with one attached hydrogen (secondary N) is 1. The number of nitrogens with zero attached hydrogens (tertiary/aromatic N) is 2. The van der Waals surface area contributed by atoms with Crippen LogP contribution in [0.5, 0.6) is 0 Å². The number of carbonyl (C=O) groups is 3. The monoisotopic (exact) mass is 365 g/mol. The largest absolute Gasteiger partial charge is 0.360 e. The van der Waals surface area contributed by atoms with Crippen LogP contribution in [-0.2, 0) is 19.1 Å². The minimum atomic E-state index is -0.848. The van der Waals surface area contributed by atoms with Gasteiger partial charge in [0.15, 0.2) is 0 Å². The van der Waals surface area contributed by atoms with Crippen molar-refractivity contribution in [2.45, 2.75) is 37.6 Å². The van der Waals surface area contributed by atoms with Crippen molar-refractivity contribution >= 4 is 17.7 Å². The Morgan fingerprint density at radius 2 is 2.12 bits per heavy atom. The first-order valence-electron chi connectivity index (χ1n) is 9.24. The Morgan fingerprint density at radius 3 is 2.81 bits per heavy atom. The summed E-state index contributed by atoms with van der Waals surface area (Å²) in [5.74, 6) is -1.40. The summed E-state index contributed by atoms with van der Waals surface area (Å²) in [7, 11) is 0. The molecule has 2 bridgehead atoms. The molecule has 0 unspecified atom stereocenters. The molecule has 3 fully saturated rings. The number of halogens is 1. The van der Waals surface area contributed by atoms with Gasteiger partial charge in [0.1, 0.15) is 11.8 Å². The van der Waals surface area contributed by atoms with Gasteiger partial charge in [-0.15, -0.1) is 0 Å². The molecule has 142 valence electrons. The second-order valence-corrected chi connectivity index (χ2v) is 7.64. The van der Waals surface area contributed by atoms with Crippen LogP contribution in [0.15, 0.2) is 12.2 Å². The second-order valence-electron chi connectivity index (χ2n) is 7.64. The smallest absolute Gasteiger partial charge is 0.230 e. The lowest BCUT2D eigenvalue weighted by atomic mass is 9.76. The highest BCUT2D eigenvalue weighted by Gasteiger charge is 2.67. The van der Waals surface area contributed by atoms with Gasteiger partial charge in [-0.3, -0.25) is 14.4 Å². The summed E-state index contributed by atoms with van der Waals surface area (Å²) >= 11 is 0. The van der Waals surface area contributed by atoms with Gasteiger partial charge in [0.25, 0.3) is 0 Å². The SMILES string of the molecule is CC(=O)NCCN1C[C@]23C=C[C@H](O2)[C@@H](C(=O)N2CCC(F)CC2)[C@@H]3C1=O. The van der Waals surface area contributed by atoms with Crippen molar-refractivity contribution in [2.75, 3.05) is 32.7 Å². The van der Waals surface area contributed by atoms with E-state index in [1.807, 2.05) is 12.2 Å². The van der Waals surface area contributed by atoms with Crippen molar-refractivity contribution in [3.05, 3.63) is 12.2 Å². The molecule has 8 heteroatoms. The highest BCUT2D eigenvalue weighted by atomic mass is 19.1. The molecule has 26 heavy (non-hydrogen) atoms. The Hall–Kier alpha value is -1.96. The molecule has 7 nitrogen and oxygen atoms in total. The Kier molecular flexibility index (Phi) is 4.25. The Labute approximate surface area is 151 Å². The molecule has 4 atom stereocenters. The summed E-state index contributed by atoms with van der Waals surface area (Å²) < 4.78 is 19.5. The number of fused-ring (bicyclic) bond motifs is 1. The molecule has 3 saturated heterocycles. The van der Waals surface area contributed by atoms with Crippen LogP contribution in [0.4, 0.5) is 4.39 Å². The summed E-state index contributed by atoms with van der Waals surface area (Å²) in [6.45, 7) is 3.40. The molecule has 0 aliphatic carbocycles. The zero-order chi connectivity index (χ0) is 18.5. The average molecular weight is 365 g/mol. The van der Waals surface area contributed by atoms with Crippen LogP contribution in [0.3, 0.4) is 0 Å². The third kappa shape index (κ3) is 2.71. The molecule has 0 saturated carbocycles. The molecule has 1 spiro atoms. The Morgan fingerprint density at radius 1 is 1.38 bits per heavy atom. The maximum Gasteiger partial charge on any atom is 0.230 e. The van der Waals surface area contributed by atoms with Crippen LogP contribution in [0.25, 0.3) is 0 Å². The van der Waals surface area contributed by atoms with Crippen LogP contribution in [0.2, 0.25) is 0 Å². The Balaban J connectivity index is 1.48. The molecular formula is C18H24FN3O4. The van der Waals surface area contributed by atoms with Crippen LogP contribution < -0.4 is 5.32 Å². The lowest BCUT2D eigenvalue weighted by Crippen LogP contribution is -2.48.